The lowest BCUT2D eigenvalue weighted by molar-refractivity contribution is -0.140. The molecule has 0 spiro atoms. The second-order valence-corrected chi connectivity index (χ2v) is 8.86. The molecule has 5 nitrogen and oxygen atoms in total. The standard InChI is InChI=1S/C23H33N3O2/c24-18-12-10-16(11-13-18)15-25-22(27)21-9-4-14-26(21)23(28)20-8-3-6-17-5-1-2-7-19(17)20/h1-2,5,7,16,18,20-21H,3-4,6,8-15,24H2,(H,25,27)/t16?,18?,20-,21+/m1/s1. The molecule has 2 amide bonds. The Morgan fingerprint density at radius 2 is 1.82 bits per heavy atom. The van der Waals surface area contributed by atoms with Gasteiger partial charge in [0, 0.05) is 19.1 Å². The molecule has 0 radical (unpaired) electrons. The number of fused-ring (bicyclic) bond motifs is 1. The summed E-state index contributed by atoms with van der Waals surface area (Å²) in [6.45, 7) is 1.42. The van der Waals surface area contributed by atoms with E-state index in [0.717, 1.165) is 64.3 Å². The topological polar surface area (TPSA) is 75.4 Å². The van der Waals surface area contributed by atoms with Crippen LogP contribution < -0.4 is 11.1 Å². The number of rotatable bonds is 4. The monoisotopic (exact) mass is 383 g/mol. The average Bonchev–Trinajstić information content (AvgIpc) is 3.22. The molecule has 28 heavy (non-hydrogen) atoms. The third-order valence-electron chi connectivity index (χ3n) is 6.96. The van der Waals surface area contributed by atoms with Gasteiger partial charge in [-0.2, -0.15) is 0 Å². The highest BCUT2D eigenvalue weighted by Gasteiger charge is 2.38. The first-order chi connectivity index (χ1) is 13.6. The molecule has 1 aromatic carbocycles. The zero-order chi connectivity index (χ0) is 19.5. The van der Waals surface area contributed by atoms with Crippen LogP contribution in [0.4, 0.5) is 0 Å². The van der Waals surface area contributed by atoms with Crippen LogP contribution >= 0.6 is 0 Å². The van der Waals surface area contributed by atoms with Crippen LogP contribution in [0.15, 0.2) is 24.3 Å². The van der Waals surface area contributed by atoms with Gasteiger partial charge in [0.25, 0.3) is 0 Å². The number of hydrogen-bond donors (Lipinski definition) is 2. The molecule has 1 saturated carbocycles. The maximum absolute atomic E-state index is 13.4. The second-order valence-electron chi connectivity index (χ2n) is 8.86. The number of nitrogens with two attached hydrogens (primary N) is 1. The van der Waals surface area contributed by atoms with Crippen molar-refractivity contribution in [3.8, 4) is 0 Å². The number of nitrogens with one attached hydrogen (secondary N) is 1. The number of hydrogen-bond acceptors (Lipinski definition) is 3. The molecule has 0 unspecified atom stereocenters. The molecular weight excluding hydrogens is 350 g/mol. The molecule has 1 saturated heterocycles. The molecule has 4 rings (SSSR count). The minimum absolute atomic E-state index is 0.0322. The van der Waals surface area contributed by atoms with Crippen LogP contribution in [0.5, 0.6) is 0 Å². The largest absolute Gasteiger partial charge is 0.354 e. The van der Waals surface area contributed by atoms with Gasteiger partial charge in [-0.05, 0) is 74.8 Å². The molecule has 1 aromatic rings. The Hall–Kier alpha value is -1.88. The van der Waals surface area contributed by atoms with Gasteiger partial charge < -0.3 is 16.0 Å². The first kappa shape index (κ1) is 19.4. The third kappa shape index (κ3) is 4.09. The zero-order valence-corrected chi connectivity index (χ0v) is 16.7. The van der Waals surface area contributed by atoms with E-state index in [1.54, 1.807) is 0 Å². The van der Waals surface area contributed by atoms with Crippen LogP contribution in [0.1, 0.15) is 68.4 Å². The van der Waals surface area contributed by atoms with E-state index in [2.05, 4.69) is 23.5 Å². The fourth-order valence-corrected chi connectivity index (χ4v) is 5.27. The first-order valence-corrected chi connectivity index (χ1v) is 11.0. The van der Waals surface area contributed by atoms with Crippen molar-refractivity contribution in [2.75, 3.05) is 13.1 Å². The van der Waals surface area contributed by atoms with E-state index >= 15 is 0 Å². The summed E-state index contributed by atoms with van der Waals surface area (Å²) in [5.74, 6) is 0.621. The number of amides is 2. The van der Waals surface area contributed by atoms with Crippen molar-refractivity contribution in [1.82, 2.24) is 10.2 Å². The van der Waals surface area contributed by atoms with Crippen molar-refractivity contribution in [3.05, 3.63) is 35.4 Å². The van der Waals surface area contributed by atoms with Crippen molar-refractivity contribution >= 4 is 11.8 Å². The summed E-state index contributed by atoms with van der Waals surface area (Å²) in [4.78, 5) is 28.1. The first-order valence-electron chi connectivity index (χ1n) is 11.0. The number of carbonyl (C=O) groups is 2. The molecule has 2 aliphatic carbocycles. The zero-order valence-electron chi connectivity index (χ0n) is 16.7. The van der Waals surface area contributed by atoms with Gasteiger partial charge in [0.15, 0.2) is 0 Å². The highest BCUT2D eigenvalue weighted by molar-refractivity contribution is 5.91. The molecule has 3 aliphatic rings. The summed E-state index contributed by atoms with van der Waals surface area (Å²) in [7, 11) is 0. The normalized spacial score (nSPS) is 30.0. The highest BCUT2D eigenvalue weighted by Crippen LogP contribution is 2.34. The predicted molar refractivity (Wildman–Crippen MR) is 110 cm³/mol. The van der Waals surface area contributed by atoms with E-state index in [9.17, 15) is 9.59 Å². The van der Waals surface area contributed by atoms with E-state index < -0.39 is 0 Å². The summed E-state index contributed by atoms with van der Waals surface area (Å²) in [6, 6.07) is 8.33. The van der Waals surface area contributed by atoms with Crippen molar-refractivity contribution in [3.63, 3.8) is 0 Å². The van der Waals surface area contributed by atoms with Crippen LogP contribution in [0, 0.1) is 5.92 Å². The number of carbonyl (C=O) groups excluding carboxylic acids is 2. The van der Waals surface area contributed by atoms with Crippen LogP contribution in [-0.4, -0.2) is 41.9 Å². The number of nitrogens with zero attached hydrogens (tertiary/aromatic N) is 1. The molecule has 2 atom stereocenters. The third-order valence-corrected chi connectivity index (χ3v) is 6.96. The minimum atomic E-state index is -0.299. The van der Waals surface area contributed by atoms with Gasteiger partial charge in [-0.1, -0.05) is 24.3 Å². The summed E-state index contributed by atoms with van der Waals surface area (Å²) in [5.41, 5.74) is 8.44. The maximum atomic E-state index is 13.4. The van der Waals surface area contributed by atoms with Crippen LogP contribution in [0.2, 0.25) is 0 Å². The molecule has 1 heterocycles. The number of likely N-dealkylation sites (tertiary alicyclic amines) is 1. The predicted octanol–water partition coefficient (Wildman–Crippen LogP) is 2.73. The Morgan fingerprint density at radius 1 is 1.04 bits per heavy atom. The van der Waals surface area contributed by atoms with Gasteiger partial charge in [0.1, 0.15) is 6.04 Å². The van der Waals surface area contributed by atoms with Crippen LogP contribution in [-0.2, 0) is 16.0 Å². The van der Waals surface area contributed by atoms with Gasteiger partial charge in [-0.15, -0.1) is 0 Å². The average molecular weight is 384 g/mol. The maximum Gasteiger partial charge on any atom is 0.242 e. The van der Waals surface area contributed by atoms with Gasteiger partial charge in [-0.3, -0.25) is 9.59 Å². The molecule has 0 aromatic heterocycles. The Labute approximate surface area is 168 Å². The fourth-order valence-electron chi connectivity index (χ4n) is 5.27. The van der Waals surface area contributed by atoms with E-state index in [1.165, 1.54) is 11.1 Å². The molecular formula is C23H33N3O2. The Bertz CT molecular complexity index is 712. The molecule has 5 heteroatoms. The Morgan fingerprint density at radius 3 is 2.64 bits per heavy atom. The Kier molecular flexibility index (Phi) is 6.00. The van der Waals surface area contributed by atoms with Gasteiger partial charge in [0.05, 0.1) is 5.92 Å². The quantitative estimate of drug-likeness (QED) is 0.839. The Balaban J connectivity index is 1.38. The lowest BCUT2D eigenvalue weighted by Crippen LogP contribution is -2.48. The second kappa shape index (κ2) is 8.64. The molecule has 0 bridgehead atoms. The smallest absolute Gasteiger partial charge is 0.242 e. The highest BCUT2D eigenvalue weighted by atomic mass is 16.2. The molecule has 152 valence electrons. The minimum Gasteiger partial charge on any atom is -0.354 e. The lowest BCUT2D eigenvalue weighted by Gasteiger charge is -2.32. The fraction of sp³-hybridized carbons (Fsp3) is 0.652. The van der Waals surface area contributed by atoms with Gasteiger partial charge in [0.2, 0.25) is 11.8 Å². The van der Waals surface area contributed by atoms with Gasteiger partial charge >= 0.3 is 0 Å². The summed E-state index contributed by atoms with van der Waals surface area (Å²) in [5, 5.41) is 3.14. The van der Waals surface area contributed by atoms with Crippen molar-refractivity contribution < 1.29 is 9.59 Å². The summed E-state index contributed by atoms with van der Waals surface area (Å²) < 4.78 is 0. The molecule has 3 N–H and O–H groups in total. The SMILES string of the molecule is NC1CCC(CNC(=O)[C@@H]2CCCN2C(=O)[C@@H]2CCCc3ccccc32)CC1. The summed E-state index contributed by atoms with van der Waals surface area (Å²) in [6.07, 6.45) is 8.96. The van der Waals surface area contributed by atoms with E-state index in [0.29, 0.717) is 18.5 Å². The number of benzene rings is 1. The van der Waals surface area contributed by atoms with E-state index in [4.69, 9.17) is 5.73 Å². The van der Waals surface area contributed by atoms with Crippen LogP contribution in [0.25, 0.3) is 0 Å². The van der Waals surface area contributed by atoms with E-state index in [1.807, 2.05) is 11.0 Å². The summed E-state index contributed by atoms with van der Waals surface area (Å²) >= 11 is 0. The molecule has 2 fully saturated rings. The van der Waals surface area contributed by atoms with Crippen molar-refractivity contribution in [2.45, 2.75) is 75.8 Å². The lowest BCUT2D eigenvalue weighted by atomic mass is 9.82. The van der Waals surface area contributed by atoms with Crippen molar-refractivity contribution in [1.29, 1.82) is 0 Å². The number of aryl methyl sites for hydroxylation is 1. The van der Waals surface area contributed by atoms with E-state index in [-0.39, 0.29) is 23.8 Å². The van der Waals surface area contributed by atoms with Gasteiger partial charge in [-0.25, -0.2) is 0 Å². The van der Waals surface area contributed by atoms with Crippen molar-refractivity contribution in [2.24, 2.45) is 11.7 Å². The van der Waals surface area contributed by atoms with Crippen LogP contribution in [0.3, 0.4) is 0 Å². The molecule has 1 aliphatic heterocycles.